The number of carboxylic acids is 1. The minimum atomic E-state index is -3.81. The number of benzene rings is 2. The summed E-state index contributed by atoms with van der Waals surface area (Å²) in [6.07, 6.45) is 5.11. The topological polar surface area (TPSA) is 100 Å². The molecule has 1 fully saturated rings. The Morgan fingerprint density at radius 2 is 1.97 bits per heavy atom. The first-order chi connectivity index (χ1) is 13.8. The Balaban J connectivity index is 1.85. The van der Waals surface area contributed by atoms with E-state index in [1.807, 2.05) is 6.92 Å². The smallest absolute Gasteiger partial charge is 0.327 e. The highest BCUT2D eigenvalue weighted by Gasteiger charge is 2.39. The van der Waals surface area contributed by atoms with E-state index in [9.17, 15) is 18.5 Å². The average Bonchev–Trinajstić information content (AvgIpc) is 3.37. The molecule has 1 heterocycles. The molecular formula is C22H18N2O4S. The molecule has 1 N–H and O–H groups in total. The van der Waals surface area contributed by atoms with E-state index in [2.05, 4.69) is 6.07 Å². The van der Waals surface area contributed by atoms with E-state index in [-0.39, 0.29) is 16.7 Å². The van der Waals surface area contributed by atoms with Gasteiger partial charge in [0.1, 0.15) is 0 Å². The lowest BCUT2D eigenvalue weighted by atomic mass is 10.1. The summed E-state index contributed by atoms with van der Waals surface area (Å²) >= 11 is 0. The molecule has 7 heteroatoms. The van der Waals surface area contributed by atoms with Crippen molar-refractivity contribution in [1.82, 2.24) is 3.97 Å². The number of aliphatic carboxylic acids is 1. The van der Waals surface area contributed by atoms with Crippen LogP contribution >= 0.6 is 0 Å². The summed E-state index contributed by atoms with van der Waals surface area (Å²) in [5.74, 6) is -0.943. The van der Waals surface area contributed by atoms with Crippen molar-refractivity contribution < 1.29 is 18.3 Å². The monoisotopic (exact) mass is 406 g/mol. The number of carboxylic acid groups (broad SMARTS) is 1. The van der Waals surface area contributed by atoms with Crippen molar-refractivity contribution >= 4 is 26.9 Å². The molecule has 0 bridgehead atoms. The minimum absolute atomic E-state index is 0.0245. The van der Waals surface area contributed by atoms with Crippen LogP contribution < -0.4 is 0 Å². The number of aryl methyl sites for hydroxylation is 1. The second kappa shape index (κ2) is 6.90. The van der Waals surface area contributed by atoms with Gasteiger partial charge in [-0.25, -0.2) is 17.2 Å². The molecule has 2 aromatic carbocycles. The summed E-state index contributed by atoms with van der Waals surface area (Å²) in [4.78, 5) is 11.0. The summed E-state index contributed by atoms with van der Waals surface area (Å²) in [6.45, 7) is 1.89. The van der Waals surface area contributed by atoms with Gasteiger partial charge in [0, 0.05) is 17.7 Å². The molecule has 0 saturated heterocycles. The lowest BCUT2D eigenvalue weighted by molar-refractivity contribution is -0.131. The Bertz CT molecular complexity index is 1300. The summed E-state index contributed by atoms with van der Waals surface area (Å²) in [7, 11) is -3.81. The van der Waals surface area contributed by atoms with Crippen molar-refractivity contribution in [2.45, 2.75) is 24.2 Å². The van der Waals surface area contributed by atoms with Crippen LogP contribution in [-0.4, -0.2) is 23.5 Å². The van der Waals surface area contributed by atoms with Gasteiger partial charge in [-0.15, -0.1) is 0 Å². The van der Waals surface area contributed by atoms with Crippen molar-refractivity contribution in [3.05, 3.63) is 77.5 Å². The molecular weight excluding hydrogens is 388 g/mol. The van der Waals surface area contributed by atoms with E-state index in [0.29, 0.717) is 16.5 Å². The zero-order valence-corrected chi connectivity index (χ0v) is 16.4. The first kappa shape index (κ1) is 19.0. The molecule has 146 valence electrons. The maximum absolute atomic E-state index is 13.3. The van der Waals surface area contributed by atoms with Gasteiger partial charge < -0.3 is 5.11 Å². The van der Waals surface area contributed by atoms with Gasteiger partial charge in [-0.1, -0.05) is 23.8 Å². The van der Waals surface area contributed by atoms with Crippen molar-refractivity contribution in [3.8, 4) is 6.07 Å². The van der Waals surface area contributed by atoms with Gasteiger partial charge >= 0.3 is 5.97 Å². The Morgan fingerprint density at radius 1 is 1.24 bits per heavy atom. The van der Waals surface area contributed by atoms with Crippen LogP contribution in [0.1, 0.15) is 29.0 Å². The lowest BCUT2D eigenvalue weighted by Gasteiger charge is -2.08. The largest absolute Gasteiger partial charge is 0.478 e. The molecule has 0 spiro atoms. The van der Waals surface area contributed by atoms with Crippen LogP contribution in [0.2, 0.25) is 0 Å². The second-order valence-corrected chi connectivity index (χ2v) is 9.06. The van der Waals surface area contributed by atoms with E-state index >= 15 is 0 Å². The predicted octanol–water partition coefficient (Wildman–Crippen LogP) is 3.80. The molecule has 6 nitrogen and oxygen atoms in total. The molecule has 1 aliphatic rings. The molecule has 1 aliphatic carbocycles. The van der Waals surface area contributed by atoms with E-state index in [4.69, 9.17) is 5.11 Å². The van der Waals surface area contributed by atoms with Gasteiger partial charge in [-0.2, -0.15) is 5.26 Å². The number of fused-ring (bicyclic) bond motifs is 1. The third kappa shape index (κ3) is 3.43. The van der Waals surface area contributed by atoms with Crippen LogP contribution in [0.3, 0.4) is 0 Å². The van der Waals surface area contributed by atoms with Gasteiger partial charge in [-0.05, 0) is 61.1 Å². The zero-order chi connectivity index (χ0) is 20.8. The molecule has 4 rings (SSSR count). The lowest BCUT2D eigenvalue weighted by Crippen LogP contribution is -2.11. The Hall–Kier alpha value is -3.37. The maximum Gasteiger partial charge on any atom is 0.327 e. The van der Waals surface area contributed by atoms with Gasteiger partial charge in [-0.3, -0.25) is 0 Å². The predicted molar refractivity (Wildman–Crippen MR) is 108 cm³/mol. The molecule has 1 aromatic heterocycles. The van der Waals surface area contributed by atoms with E-state index in [1.54, 1.807) is 54.7 Å². The molecule has 0 radical (unpaired) electrons. The van der Waals surface area contributed by atoms with E-state index in [1.165, 1.54) is 3.97 Å². The minimum Gasteiger partial charge on any atom is -0.478 e. The second-order valence-electron chi connectivity index (χ2n) is 7.25. The SMILES string of the molecule is Cc1ccc(S(=O)(=O)n2cc([C@@H]3C[C@H]3C=CC(=O)O)c3cc(C#N)ccc32)cc1. The highest BCUT2D eigenvalue weighted by molar-refractivity contribution is 7.90. The summed E-state index contributed by atoms with van der Waals surface area (Å²) in [5.41, 5.74) is 2.73. The number of rotatable bonds is 5. The highest BCUT2D eigenvalue weighted by atomic mass is 32.2. The number of nitriles is 1. The quantitative estimate of drug-likeness (QED) is 0.650. The number of carbonyl (C=O) groups is 1. The maximum atomic E-state index is 13.3. The van der Waals surface area contributed by atoms with Crippen LogP contribution in [0.25, 0.3) is 10.9 Å². The Kier molecular flexibility index (Phi) is 4.52. The van der Waals surface area contributed by atoms with Crippen LogP contribution in [0.5, 0.6) is 0 Å². The molecule has 0 amide bonds. The molecule has 3 aromatic rings. The standard InChI is InChI=1S/C22H18N2O4S/c1-14-2-6-17(7-3-14)29(27,28)24-13-20(18-11-16(18)5-9-22(25)26)19-10-15(12-23)4-8-21(19)24/h2-10,13,16,18H,11H2,1H3,(H,25,26)/t16-,18-/m1/s1. The fourth-order valence-electron chi connectivity index (χ4n) is 3.60. The molecule has 2 atom stereocenters. The molecule has 29 heavy (non-hydrogen) atoms. The van der Waals surface area contributed by atoms with Gasteiger partial charge in [0.2, 0.25) is 0 Å². The van der Waals surface area contributed by atoms with Crippen molar-refractivity contribution in [2.24, 2.45) is 5.92 Å². The molecule has 0 unspecified atom stereocenters. The Labute approximate surface area is 168 Å². The van der Waals surface area contributed by atoms with Crippen LogP contribution in [0.15, 0.2) is 65.7 Å². The fraction of sp³-hybridized carbons (Fsp3) is 0.182. The third-order valence-electron chi connectivity index (χ3n) is 5.23. The average molecular weight is 406 g/mol. The van der Waals surface area contributed by atoms with Gasteiger partial charge in [0.25, 0.3) is 10.0 Å². The van der Waals surface area contributed by atoms with Gasteiger partial charge in [0.05, 0.1) is 22.0 Å². The van der Waals surface area contributed by atoms with Gasteiger partial charge in [0.15, 0.2) is 0 Å². The first-order valence-electron chi connectivity index (χ1n) is 9.10. The first-order valence-corrected chi connectivity index (χ1v) is 10.5. The summed E-state index contributed by atoms with van der Waals surface area (Å²) in [6, 6.07) is 13.7. The van der Waals surface area contributed by atoms with Crippen molar-refractivity contribution in [2.75, 3.05) is 0 Å². The Morgan fingerprint density at radius 3 is 2.62 bits per heavy atom. The van der Waals surface area contributed by atoms with Crippen molar-refractivity contribution in [1.29, 1.82) is 5.26 Å². The number of hydrogen-bond donors (Lipinski definition) is 1. The zero-order valence-electron chi connectivity index (χ0n) is 15.6. The van der Waals surface area contributed by atoms with Crippen LogP contribution in [0.4, 0.5) is 0 Å². The van der Waals surface area contributed by atoms with E-state index in [0.717, 1.165) is 23.6 Å². The van der Waals surface area contributed by atoms with E-state index < -0.39 is 16.0 Å². The van der Waals surface area contributed by atoms with Crippen LogP contribution in [0, 0.1) is 24.2 Å². The highest BCUT2D eigenvalue weighted by Crippen LogP contribution is 2.51. The third-order valence-corrected chi connectivity index (χ3v) is 6.92. The van der Waals surface area contributed by atoms with Crippen LogP contribution in [-0.2, 0) is 14.8 Å². The molecule has 1 saturated carbocycles. The number of nitrogens with zero attached hydrogens (tertiary/aromatic N) is 2. The number of aromatic nitrogens is 1. The normalized spacial score (nSPS) is 18.8. The van der Waals surface area contributed by atoms with Crippen molar-refractivity contribution in [3.63, 3.8) is 0 Å². The molecule has 0 aliphatic heterocycles. The summed E-state index contributed by atoms with van der Waals surface area (Å²) < 4.78 is 27.8. The number of allylic oxidation sites excluding steroid dienone is 1. The summed E-state index contributed by atoms with van der Waals surface area (Å²) in [5, 5.41) is 18.8. The fourth-order valence-corrected chi connectivity index (χ4v) is 4.98. The number of hydrogen-bond acceptors (Lipinski definition) is 4.